The summed E-state index contributed by atoms with van der Waals surface area (Å²) in [4.78, 5) is 23.1. The molecule has 0 aliphatic heterocycles. The number of ether oxygens (including phenoxy) is 1. The topological polar surface area (TPSA) is 115 Å². The van der Waals surface area contributed by atoms with E-state index >= 15 is 0 Å². The number of thiazole rings is 1. The van der Waals surface area contributed by atoms with Crippen LogP contribution >= 0.6 is 11.3 Å². The Morgan fingerprint density at radius 2 is 1.84 bits per heavy atom. The zero-order chi connectivity index (χ0) is 22.9. The summed E-state index contributed by atoms with van der Waals surface area (Å²) in [5.74, 6) is 0.202. The molecule has 0 radical (unpaired) electrons. The lowest BCUT2D eigenvalue weighted by atomic mass is 10.2. The molecular formula is C19H13F3N6O3S. The minimum atomic E-state index is -4.56. The summed E-state index contributed by atoms with van der Waals surface area (Å²) in [5.41, 5.74) is -0.804. The molecular weight excluding hydrogens is 449 g/mol. The zero-order valence-corrected chi connectivity index (χ0v) is 17.0. The summed E-state index contributed by atoms with van der Waals surface area (Å²) >= 11 is 1.23. The maximum Gasteiger partial charge on any atom is 0.416 e. The van der Waals surface area contributed by atoms with Gasteiger partial charge in [0.2, 0.25) is 11.6 Å². The van der Waals surface area contributed by atoms with Gasteiger partial charge in [0.25, 0.3) is 0 Å². The Kier molecular flexibility index (Phi) is 5.48. The Morgan fingerprint density at radius 1 is 1.09 bits per heavy atom. The number of alkyl halides is 3. The molecule has 0 saturated heterocycles. The number of nitrogens with one attached hydrogen (secondary N) is 2. The smallest absolute Gasteiger partial charge is 0.416 e. The number of aromatic nitrogens is 3. The number of nitrogens with zero attached hydrogens (tertiary/aromatic N) is 4. The maximum absolute atomic E-state index is 13.0. The van der Waals surface area contributed by atoms with Gasteiger partial charge in [-0.2, -0.15) is 13.2 Å². The molecule has 0 spiro atoms. The van der Waals surface area contributed by atoms with Gasteiger partial charge in [0, 0.05) is 5.69 Å². The van der Waals surface area contributed by atoms with Crippen LogP contribution < -0.4 is 15.4 Å². The third-order valence-electron chi connectivity index (χ3n) is 4.28. The number of anilines is 4. The van der Waals surface area contributed by atoms with Gasteiger partial charge in [0.05, 0.1) is 27.8 Å². The van der Waals surface area contributed by atoms with Crippen molar-refractivity contribution < 1.29 is 22.8 Å². The number of halogens is 3. The normalized spacial score (nSPS) is 11.4. The molecule has 164 valence electrons. The molecule has 2 aromatic carbocycles. The van der Waals surface area contributed by atoms with Gasteiger partial charge in [-0.15, -0.1) is 0 Å². The highest BCUT2D eigenvalue weighted by Crippen LogP contribution is 2.37. The molecule has 2 N–H and O–H groups in total. The molecule has 2 heterocycles. The van der Waals surface area contributed by atoms with Crippen LogP contribution in [0, 0.1) is 10.1 Å². The lowest BCUT2D eigenvalue weighted by Gasteiger charge is -2.11. The van der Waals surface area contributed by atoms with E-state index in [0.29, 0.717) is 16.4 Å². The first kappa shape index (κ1) is 21.2. The van der Waals surface area contributed by atoms with E-state index in [-0.39, 0.29) is 17.3 Å². The Hall–Kier alpha value is -4.00. The molecule has 2 aromatic heterocycles. The van der Waals surface area contributed by atoms with Gasteiger partial charge >= 0.3 is 11.9 Å². The van der Waals surface area contributed by atoms with Crippen molar-refractivity contribution in [1.82, 2.24) is 15.0 Å². The Morgan fingerprint density at radius 3 is 2.53 bits per heavy atom. The fraction of sp³-hybridized carbons (Fsp3) is 0.105. The number of methoxy groups -OCH3 is 1. The lowest BCUT2D eigenvalue weighted by Crippen LogP contribution is -2.07. The van der Waals surface area contributed by atoms with Crippen molar-refractivity contribution in [3.63, 3.8) is 0 Å². The van der Waals surface area contributed by atoms with Crippen molar-refractivity contribution >= 4 is 49.7 Å². The van der Waals surface area contributed by atoms with E-state index in [0.717, 1.165) is 23.2 Å². The number of hydrogen-bond acceptors (Lipinski definition) is 9. The second kappa shape index (κ2) is 8.26. The van der Waals surface area contributed by atoms with Gasteiger partial charge in [-0.25, -0.2) is 15.0 Å². The summed E-state index contributed by atoms with van der Waals surface area (Å²) in [6, 6.07) is 9.50. The second-order valence-corrected chi connectivity index (χ2v) is 7.39. The zero-order valence-electron chi connectivity index (χ0n) is 16.2. The standard InChI is InChI=1S/C19H13F3N6O3S/c1-31-12-5-6-13-14(8-12)32-18(26-13)27-17-15(28(29)30)16(23-9-24-17)25-11-4-2-3-10(7-11)19(20,21)22/h2-9H,1H3,(H2,23,24,25,26,27). The Labute approximate surface area is 182 Å². The molecule has 0 aliphatic carbocycles. The maximum atomic E-state index is 13.0. The van der Waals surface area contributed by atoms with Gasteiger partial charge in [-0.05, 0) is 36.4 Å². The van der Waals surface area contributed by atoms with Crippen LogP contribution in [0.1, 0.15) is 5.56 Å². The summed E-state index contributed by atoms with van der Waals surface area (Å²) in [7, 11) is 1.53. The number of nitro groups is 1. The molecule has 0 atom stereocenters. The van der Waals surface area contributed by atoms with E-state index in [1.54, 1.807) is 18.2 Å². The van der Waals surface area contributed by atoms with Crippen molar-refractivity contribution in [1.29, 1.82) is 0 Å². The van der Waals surface area contributed by atoms with Crippen LogP contribution in [0.15, 0.2) is 48.8 Å². The van der Waals surface area contributed by atoms with Crippen molar-refractivity contribution in [3.05, 3.63) is 64.5 Å². The van der Waals surface area contributed by atoms with Crippen LogP contribution in [0.4, 0.5) is 41.3 Å². The van der Waals surface area contributed by atoms with Crippen LogP contribution in [-0.4, -0.2) is 27.0 Å². The van der Waals surface area contributed by atoms with E-state index in [9.17, 15) is 23.3 Å². The molecule has 0 bridgehead atoms. The third kappa shape index (κ3) is 4.37. The van der Waals surface area contributed by atoms with Crippen LogP contribution in [0.5, 0.6) is 5.75 Å². The second-order valence-electron chi connectivity index (χ2n) is 6.36. The number of benzene rings is 2. The van der Waals surface area contributed by atoms with Gasteiger partial charge < -0.3 is 15.4 Å². The molecule has 0 saturated carbocycles. The molecule has 4 aromatic rings. The number of fused-ring (bicyclic) bond motifs is 1. The van der Waals surface area contributed by atoms with Gasteiger partial charge in [0.1, 0.15) is 12.1 Å². The number of hydrogen-bond donors (Lipinski definition) is 2. The monoisotopic (exact) mass is 462 g/mol. The van der Waals surface area contributed by atoms with E-state index < -0.39 is 22.4 Å². The highest BCUT2D eigenvalue weighted by molar-refractivity contribution is 7.22. The fourth-order valence-electron chi connectivity index (χ4n) is 2.83. The molecule has 0 unspecified atom stereocenters. The van der Waals surface area contributed by atoms with Crippen molar-refractivity contribution in [2.75, 3.05) is 17.7 Å². The molecule has 4 rings (SSSR count). The van der Waals surface area contributed by atoms with E-state index in [1.807, 2.05) is 0 Å². The molecule has 0 amide bonds. The molecule has 9 nitrogen and oxygen atoms in total. The first-order valence-electron chi connectivity index (χ1n) is 8.90. The van der Waals surface area contributed by atoms with Gasteiger partial charge in [-0.3, -0.25) is 10.1 Å². The van der Waals surface area contributed by atoms with Crippen LogP contribution in [-0.2, 0) is 6.18 Å². The predicted molar refractivity (Wildman–Crippen MR) is 113 cm³/mol. The largest absolute Gasteiger partial charge is 0.497 e. The van der Waals surface area contributed by atoms with E-state index in [2.05, 4.69) is 25.6 Å². The molecule has 0 aliphatic rings. The highest BCUT2D eigenvalue weighted by Gasteiger charge is 2.31. The SMILES string of the molecule is COc1ccc2nc(Nc3ncnc(Nc4cccc(C(F)(F)F)c4)c3[N+](=O)[O-])sc2c1. The minimum Gasteiger partial charge on any atom is -0.497 e. The van der Waals surface area contributed by atoms with Crippen LogP contribution in [0.2, 0.25) is 0 Å². The summed E-state index contributed by atoms with van der Waals surface area (Å²) in [6.07, 6.45) is -3.50. The van der Waals surface area contributed by atoms with E-state index in [1.165, 1.54) is 30.6 Å². The fourth-order valence-corrected chi connectivity index (χ4v) is 3.72. The van der Waals surface area contributed by atoms with Crippen molar-refractivity contribution in [2.45, 2.75) is 6.18 Å². The average Bonchev–Trinajstić information content (AvgIpc) is 3.14. The van der Waals surface area contributed by atoms with Gasteiger partial charge in [0.15, 0.2) is 5.13 Å². The summed E-state index contributed by atoms with van der Waals surface area (Å²) < 4.78 is 44.9. The van der Waals surface area contributed by atoms with Gasteiger partial charge in [-0.1, -0.05) is 17.4 Å². The lowest BCUT2D eigenvalue weighted by molar-refractivity contribution is -0.383. The molecule has 32 heavy (non-hydrogen) atoms. The first-order chi connectivity index (χ1) is 15.2. The van der Waals surface area contributed by atoms with Crippen LogP contribution in [0.25, 0.3) is 10.2 Å². The van der Waals surface area contributed by atoms with Crippen LogP contribution in [0.3, 0.4) is 0 Å². The highest BCUT2D eigenvalue weighted by atomic mass is 32.1. The summed E-state index contributed by atoms with van der Waals surface area (Å²) in [5, 5.41) is 17.4. The first-order valence-corrected chi connectivity index (χ1v) is 9.71. The molecule has 0 fully saturated rings. The Balaban J connectivity index is 1.68. The predicted octanol–water partition coefficient (Wildman–Crippen LogP) is 5.51. The summed E-state index contributed by atoms with van der Waals surface area (Å²) in [6.45, 7) is 0. The average molecular weight is 462 g/mol. The number of rotatable bonds is 6. The van der Waals surface area contributed by atoms with Crippen molar-refractivity contribution in [3.8, 4) is 5.75 Å². The third-order valence-corrected chi connectivity index (χ3v) is 5.21. The minimum absolute atomic E-state index is 0.0142. The molecule has 13 heteroatoms. The Bertz CT molecular complexity index is 1310. The van der Waals surface area contributed by atoms with Crippen molar-refractivity contribution in [2.24, 2.45) is 0 Å². The quantitative estimate of drug-likeness (QED) is 0.285. The van der Waals surface area contributed by atoms with E-state index in [4.69, 9.17) is 4.74 Å².